The van der Waals surface area contributed by atoms with E-state index >= 15 is 0 Å². The molecule has 1 fully saturated rings. The van der Waals surface area contributed by atoms with E-state index in [2.05, 4.69) is 61.2 Å². The predicted octanol–water partition coefficient (Wildman–Crippen LogP) is 4.97. The lowest BCUT2D eigenvalue weighted by Gasteiger charge is -2.44. The molecule has 0 amide bonds. The summed E-state index contributed by atoms with van der Waals surface area (Å²) in [5, 5.41) is 0. The molecule has 29 heavy (non-hydrogen) atoms. The second-order valence-corrected chi connectivity index (χ2v) is 8.25. The van der Waals surface area contributed by atoms with Crippen molar-refractivity contribution in [3.05, 3.63) is 64.7 Å². The van der Waals surface area contributed by atoms with Crippen LogP contribution in [0.3, 0.4) is 0 Å². The van der Waals surface area contributed by atoms with E-state index in [1.54, 1.807) is 0 Å². The minimum atomic E-state index is -0.152. The minimum absolute atomic E-state index is 0.152. The molecule has 0 aromatic heterocycles. The first kappa shape index (κ1) is 18.7. The monoisotopic (exact) mass is 391 g/mol. The summed E-state index contributed by atoms with van der Waals surface area (Å²) in [6, 6.07) is 15.3. The van der Waals surface area contributed by atoms with Crippen LogP contribution in [0, 0.1) is 0 Å². The predicted molar refractivity (Wildman–Crippen MR) is 114 cm³/mol. The first-order valence-electron chi connectivity index (χ1n) is 10.8. The summed E-state index contributed by atoms with van der Waals surface area (Å²) in [7, 11) is 0. The lowest BCUT2D eigenvalue weighted by atomic mass is 9.83. The summed E-state index contributed by atoms with van der Waals surface area (Å²) < 4.78 is 17.2. The Bertz CT molecular complexity index is 931. The highest BCUT2D eigenvalue weighted by molar-refractivity contribution is 5.91. The molecule has 0 radical (unpaired) electrons. The molecule has 0 saturated carbocycles. The van der Waals surface area contributed by atoms with Crippen molar-refractivity contribution >= 4 is 5.57 Å². The Labute approximate surface area is 173 Å². The Kier molecular flexibility index (Phi) is 4.84. The second-order valence-electron chi connectivity index (χ2n) is 8.25. The van der Waals surface area contributed by atoms with Crippen LogP contribution >= 0.6 is 0 Å². The summed E-state index contributed by atoms with van der Waals surface area (Å²) >= 11 is 0. The van der Waals surface area contributed by atoms with E-state index in [1.807, 2.05) is 0 Å². The van der Waals surface area contributed by atoms with Gasteiger partial charge in [-0.25, -0.2) is 0 Å². The zero-order valence-electron chi connectivity index (χ0n) is 17.4. The molecule has 2 aromatic rings. The van der Waals surface area contributed by atoms with Crippen LogP contribution in [-0.2, 0) is 10.3 Å². The van der Waals surface area contributed by atoms with Crippen LogP contribution in [-0.4, -0.2) is 38.0 Å². The Morgan fingerprint density at radius 1 is 1.00 bits per heavy atom. The molecule has 1 saturated heterocycles. The first-order valence-corrected chi connectivity index (χ1v) is 10.8. The molecule has 4 nitrogen and oxygen atoms in total. The van der Waals surface area contributed by atoms with Gasteiger partial charge in [0.1, 0.15) is 0 Å². The van der Waals surface area contributed by atoms with Gasteiger partial charge in [0.25, 0.3) is 0 Å². The van der Waals surface area contributed by atoms with Gasteiger partial charge < -0.3 is 14.2 Å². The molecular weight excluding hydrogens is 362 g/mol. The van der Waals surface area contributed by atoms with Crippen molar-refractivity contribution < 1.29 is 14.2 Å². The summed E-state index contributed by atoms with van der Waals surface area (Å²) in [5.41, 5.74) is 6.66. The van der Waals surface area contributed by atoms with Crippen molar-refractivity contribution in [3.8, 4) is 11.5 Å². The van der Waals surface area contributed by atoms with Crippen LogP contribution in [0.2, 0.25) is 0 Å². The van der Waals surface area contributed by atoms with Crippen LogP contribution in [0.4, 0.5) is 0 Å². The minimum Gasteiger partial charge on any atom is -0.454 e. The molecule has 1 aliphatic carbocycles. The van der Waals surface area contributed by atoms with Crippen LogP contribution in [0.15, 0.2) is 48.0 Å². The highest BCUT2D eigenvalue weighted by Crippen LogP contribution is 2.55. The molecule has 3 aliphatic rings. The normalized spacial score (nSPS) is 23.5. The fraction of sp³-hybridized carbons (Fsp3) is 0.440. The maximum atomic E-state index is 5.78. The molecule has 2 aliphatic heterocycles. The number of hydrogen-bond acceptors (Lipinski definition) is 4. The maximum absolute atomic E-state index is 5.78. The molecule has 0 N–H and O–H groups in total. The van der Waals surface area contributed by atoms with Gasteiger partial charge in [-0.2, -0.15) is 0 Å². The van der Waals surface area contributed by atoms with Crippen molar-refractivity contribution in [1.82, 2.24) is 4.90 Å². The van der Waals surface area contributed by atoms with E-state index in [-0.39, 0.29) is 5.54 Å². The number of morpholine rings is 1. The van der Waals surface area contributed by atoms with Gasteiger partial charge in [0.15, 0.2) is 11.5 Å². The van der Waals surface area contributed by atoms with E-state index in [0.29, 0.717) is 6.79 Å². The van der Waals surface area contributed by atoms with E-state index in [9.17, 15) is 0 Å². The van der Waals surface area contributed by atoms with Gasteiger partial charge in [-0.1, -0.05) is 43.7 Å². The maximum Gasteiger partial charge on any atom is 0.231 e. The molecule has 4 heteroatoms. The molecule has 2 heterocycles. The highest BCUT2D eigenvalue weighted by atomic mass is 16.7. The zero-order valence-corrected chi connectivity index (χ0v) is 17.4. The van der Waals surface area contributed by atoms with E-state index in [4.69, 9.17) is 14.2 Å². The highest BCUT2D eigenvalue weighted by Gasteiger charge is 2.46. The standard InChI is InChI=1S/C25H29NO3/c1-3-4-10-20-24(18-8-6-5-7-9-18)19-15-22-23(29-17-28-22)16-21(19)25(20,2)26-11-13-27-14-12-26/h5-9,15-16H,3-4,10-14,17H2,1-2H3. The molecule has 1 unspecified atom stereocenters. The summed E-state index contributed by atoms with van der Waals surface area (Å²) in [5.74, 6) is 1.73. The van der Waals surface area contributed by atoms with Gasteiger partial charge in [0, 0.05) is 13.1 Å². The first-order chi connectivity index (χ1) is 14.2. The van der Waals surface area contributed by atoms with Crippen LogP contribution in [0.5, 0.6) is 11.5 Å². The Morgan fingerprint density at radius 2 is 1.72 bits per heavy atom. The summed E-state index contributed by atoms with van der Waals surface area (Å²) in [6.45, 7) is 8.45. The third-order valence-corrected chi connectivity index (χ3v) is 6.68. The SMILES string of the molecule is CCCCC1=C(c2ccccc2)c2cc3c(cc2C1(C)N1CCOCC1)OCO3. The number of rotatable bonds is 5. The number of fused-ring (bicyclic) bond motifs is 2. The zero-order chi connectivity index (χ0) is 19.8. The molecule has 1 atom stereocenters. The van der Waals surface area contributed by atoms with Crippen molar-refractivity contribution in [2.24, 2.45) is 0 Å². The molecule has 5 rings (SSSR count). The molecular formula is C25H29NO3. The van der Waals surface area contributed by atoms with Gasteiger partial charge in [0.2, 0.25) is 6.79 Å². The van der Waals surface area contributed by atoms with Gasteiger partial charge in [-0.15, -0.1) is 0 Å². The lowest BCUT2D eigenvalue weighted by Crippen LogP contribution is -2.50. The smallest absolute Gasteiger partial charge is 0.231 e. The molecule has 2 aromatic carbocycles. The Hall–Kier alpha value is -2.30. The van der Waals surface area contributed by atoms with Gasteiger partial charge in [-0.3, -0.25) is 4.90 Å². The average molecular weight is 392 g/mol. The van der Waals surface area contributed by atoms with Crippen LogP contribution in [0.1, 0.15) is 49.8 Å². The average Bonchev–Trinajstić information content (AvgIpc) is 3.33. The van der Waals surface area contributed by atoms with Crippen molar-refractivity contribution in [2.75, 3.05) is 33.1 Å². The summed E-state index contributed by atoms with van der Waals surface area (Å²) in [4.78, 5) is 2.61. The number of ether oxygens (including phenoxy) is 3. The van der Waals surface area contributed by atoms with Gasteiger partial charge in [0.05, 0.1) is 18.8 Å². The lowest BCUT2D eigenvalue weighted by molar-refractivity contribution is -0.00559. The van der Waals surface area contributed by atoms with Crippen molar-refractivity contribution in [3.63, 3.8) is 0 Å². The topological polar surface area (TPSA) is 30.9 Å². The van der Waals surface area contributed by atoms with Crippen molar-refractivity contribution in [1.29, 1.82) is 0 Å². The number of nitrogens with zero attached hydrogens (tertiary/aromatic N) is 1. The number of hydrogen-bond donors (Lipinski definition) is 0. The summed E-state index contributed by atoms with van der Waals surface area (Å²) in [6.07, 6.45) is 3.46. The largest absolute Gasteiger partial charge is 0.454 e. The Balaban J connectivity index is 1.75. The number of benzene rings is 2. The fourth-order valence-electron chi connectivity index (χ4n) is 5.15. The Morgan fingerprint density at radius 3 is 2.45 bits per heavy atom. The molecule has 0 spiro atoms. The third kappa shape index (κ3) is 2.97. The van der Waals surface area contributed by atoms with Crippen LogP contribution in [0.25, 0.3) is 5.57 Å². The van der Waals surface area contributed by atoms with E-state index in [0.717, 1.165) is 44.2 Å². The number of unbranched alkanes of at least 4 members (excludes halogenated alkanes) is 1. The van der Waals surface area contributed by atoms with Gasteiger partial charge >= 0.3 is 0 Å². The van der Waals surface area contributed by atoms with Gasteiger partial charge in [-0.05, 0) is 59.7 Å². The fourth-order valence-corrected chi connectivity index (χ4v) is 5.15. The third-order valence-electron chi connectivity index (χ3n) is 6.68. The van der Waals surface area contributed by atoms with Crippen LogP contribution < -0.4 is 9.47 Å². The van der Waals surface area contributed by atoms with E-state index in [1.165, 1.54) is 40.7 Å². The molecule has 152 valence electrons. The second kappa shape index (κ2) is 7.51. The quantitative estimate of drug-likeness (QED) is 0.720. The van der Waals surface area contributed by atoms with Crippen molar-refractivity contribution in [2.45, 2.75) is 38.6 Å². The van der Waals surface area contributed by atoms with E-state index < -0.39 is 0 Å². The molecule has 0 bridgehead atoms.